The minimum atomic E-state index is 0.114. The molecule has 0 aliphatic carbocycles. The summed E-state index contributed by atoms with van der Waals surface area (Å²) in [5, 5.41) is 4.07. The zero-order valence-electron chi connectivity index (χ0n) is 19.0. The molecule has 0 saturated carbocycles. The molecule has 0 spiro atoms. The summed E-state index contributed by atoms with van der Waals surface area (Å²) in [5.74, 6) is 2.58. The van der Waals surface area contributed by atoms with E-state index < -0.39 is 0 Å². The van der Waals surface area contributed by atoms with Crippen LogP contribution >= 0.6 is 0 Å². The van der Waals surface area contributed by atoms with Gasteiger partial charge in [-0.15, -0.1) is 0 Å². The molecule has 1 unspecified atom stereocenters. The zero-order chi connectivity index (χ0) is 23.3. The summed E-state index contributed by atoms with van der Waals surface area (Å²) in [5.41, 5.74) is 2.80. The average Bonchev–Trinajstić information content (AvgIpc) is 3.31. The molecule has 1 aliphatic heterocycles. The first-order chi connectivity index (χ1) is 16.7. The number of fused-ring (bicyclic) bond motifs is 1. The van der Waals surface area contributed by atoms with Crippen molar-refractivity contribution < 1.29 is 18.9 Å². The summed E-state index contributed by atoms with van der Waals surface area (Å²) in [6.07, 6.45) is 2.55. The molecule has 2 heterocycles. The molecule has 5 rings (SSSR count). The van der Waals surface area contributed by atoms with Crippen molar-refractivity contribution in [3.63, 3.8) is 0 Å². The molecule has 0 bridgehead atoms. The van der Waals surface area contributed by atoms with Gasteiger partial charge in [0.05, 0.1) is 20.3 Å². The first-order valence-electron chi connectivity index (χ1n) is 11.0. The Labute approximate surface area is 198 Å². The second-order valence-corrected chi connectivity index (χ2v) is 7.85. The molecule has 1 aliphatic rings. The Morgan fingerprint density at radius 2 is 1.74 bits per heavy atom. The van der Waals surface area contributed by atoms with Crippen LogP contribution in [0.3, 0.4) is 0 Å². The molecule has 0 radical (unpaired) electrons. The van der Waals surface area contributed by atoms with Gasteiger partial charge in [-0.3, -0.25) is 4.98 Å². The number of aliphatic imine (C=N–C) groups is 1. The lowest BCUT2D eigenvalue weighted by molar-refractivity contribution is 0.315. The Balaban J connectivity index is 1.27. The lowest BCUT2D eigenvalue weighted by Crippen LogP contribution is -2.11. The van der Waals surface area contributed by atoms with Gasteiger partial charge < -0.3 is 24.3 Å². The largest absolute Gasteiger partial charge is 0.493 e. The Hall–Kier alpha value is -4.26. The van der Waals surface area contributed by atoms with Gasteiger partial charge in [-0.05, 0) is 54.4 Å². The first-order valence-corrected chi connectivity index (χ1v) is 11.0. The van der Waals surface area contributed by atoms with Crippen LogP contribution in [0.25, 0.3) is 10.9 Å². The van der Waals surface area contributed by atoms with E-state index in [1.54, 1.807) is 20.4 Å². The third-order valence-corrected chi connectivity index (χ3v) is 5.57. The maximum Gasteiger partial charge on any atom is 0.289 e. The number of pyridine rings is 1. The van der Waals surface area contributed by atoms with Crippen molar-refractivity contribution in [2.75, 3.05) is 26.1 Å². The number of aromatic nitrogens is 1. The fourth-order valence-corrected chi connectivity index (χ4v) is 3.93. The summed E-state index contributed by atoms with van der Waals surface area (Å²) in [4.78, 5) is 9.10. The number of anilines is 1. The summed E-state index contributed by atoms with van der Waals surface area (Å²) in [7, 11) is 3.20. The molecule has 172 valence electrons. The monoisotopic (exact) mass is 455 g/mol. The Kier molecular flexibility index (Phi) is 6.16. The lowest BCUT2D eigenvalue weighted by Gasteiger charge is -2.13. The summed E-state index contributed by atoms with van der Waals surface area (Å²) < 4.78 is 22.8. The lowest BCUT2D eigenvalue weighted by atomic mass is 10.1. The molecular weight excluding hydrogens is 430 g/mol. The number of amidine groups is 1. The third kappa shape index (κ3) is 4.59. The van der Waals surface area contributed by atoms with Crippen molar-refractivity contribution >= 4 is 22.6 Å². The highest BCUT2D eigenvalue weighted by molar-refractivity contribution is 5.92. The second-order valence-electron chi connectivity index (χ2n) is 7.85. The summed E-state index contributed by atoms with van der Waals surface area (Å²) >= 11 is 0. The molecule has 0 fully saturated rings. The number of hydrogen-bond donors (Lipinski definition) is 1. The Bertz CT molecular complexity index is 1310. The van der Waals surface area contributed by atoms with Crippen LogP contribution in [-0.4, -0.2) is 37.9 Å². The van der Waals surface area contributed by atoms with Gasteiger partial charge in [0.25, 0.3) is 6.02 Å². The molecule has 7 nitrogen and oxygen atoms in total. The van der Waals surface area contributed by atoms with Crippen LogP contribution in [0.1, 0.15) is 5.56 Å². The molecule has 0 amide bonds. The highest BCUT2D eigenvalue weighted by atomic mass is 16.5. The smallest absolute Gasteiger partial charge is 0.289 e. The Morgan fingerprint density at radius 3 is 2.50 bits per heavy atom. The number of benzene rings is 3. The second kappa shape index (κ2) is 9.70. The van der Waals surface area contributed by atoms with Gasteiger partial charge in [0.1, 0.15) is 23.6 Å². The van der Waals surface area contributed by atoms with Crippen LogP contribution in [0.2, 0.25) is 0 Å². The molecule has 0 saturated heterocycles. The number of nitrogens with one attached hydrogen (secondary N) is 1. The molecular formula is C27H25N3O4. The predicted molar refractivity (Wildman–Crippen MR) is 132 cm³/mol. The maximum atomic E-state index is 6.15. The third-order valence-electron chi connectivity index (χ3n) is 5.57. The van der Waals surface area contributed by atoms with E-state index in [0.29, 0.717) is 41.1 Å². The van der Waals surface area contributed by atoms with Gasteiger partial charge in [0.15, 0.2) is 11.5 Å². The minimum Gasteiger partial charge on any atom is -0.493 e. The van der Waals surface area contributed by atoms with Crippen molar-refractivity contribution in [1.29, 1.82) is 0 Å². The van der Waals surface area contributed by atoms with Gasteiger partial charge >= 0.3 is 0 Å². The van der Waals surface area contributed by atoms with Crippen LogP contribution in [0.15, 0.2) is 84.0 Å². The van der Waals surface area contributed by atoms with E-state index in [0.717, 1.165) is 17.5 Å². The summed E-state index contributed by atoms with van der Waals surface area (Å²) in [6, 6.07) is 24.2. The highest BCUT2D eigenvalue weighted by Gasteiger charge is 2.19. The molecule has 1 atom stereocenters. The normalized spacial score (nSPS) is 14.9. The van der Waals surface area contributed by atoms with Crippen molar-refractivity contribution in [3.05, 3.63) is 84.6 Å². The van der Waals surface area contributed by atoms with E-state index in [1.165, 1.54) is 5.56 Å². The number of hydrogen-bond acceptors (Lipinski definition) is 7. The molecule has 4 aromatic rings. The van der Waals surface area contributed by atoms with E-state index in [9.17, 15) is 0 Å². The van der Waals surface area contributed by atoms with E-state index in [-0.39, 0.29) is 6.04 Å². The van der Waals surface area contributed by atoms with Gasteiger partial charge in [-0.25, -0.2) is 4.99 Å². The molecule has 1 N–H and O–H groups in total. The Morgan fingerprint density at radius 1 is 0.912 bits per heavy atom. The van der Waals surface area contributed by atoms with Crippen molar-refractivity contribution in [1.82, 2.24) is 4.98 Å². The maximum absolute atomic E-state index is 6.15. The van der Waals surface area contributed by atoms with Gasteiger partial charge in [-0.1, -0.05) is 30.3 Å². The SMILES string of the molecule is COc1ccc2c(Oc3ccc(NC4=NC(Cc5ccccc5)CO4)cc3)ccnc2c1OC. The van der Waals surface area contributed by atoms with Crippen molar-refractivity contribution in [2.24, 2.45) is 4.99 Å². The van der Waals surface area contributed by atoms with Crippen molar-refractivity contribution in [2.45, 2.75) is 12.5 Å². The standard InChI is InChI=1S/C27H25N3O4/c1-31-24-13-12-22-23(14-15-28-25(22)26(24)32-2)34-21-10-8-19(9-11-21)29-27-30-20(17-33-27)16-18-6-4-3-5-7-18/h3-15,20H,16-17H2,1-2H3,(H,29,30). The number of methoxy groups -OCH3 is 2. The van der Waals surface area contributed by atoms with E-state index in [4.69, 9.17) is 18.9 Å². The quantitative estimate of drug-likeness (QED) is 0.399. The van der Waals surface area contributed by atoms with Crippen LogP contribution in [0.4, 0.5) is 5.69 Å². The van der Waals surface area contributed by atoms with Gasteiger partial charge in [0, 0.05) is 17.3 Å². The zero-order valence-corrected chi connectivity index (χ0v) is 19.0. The topological polar surface area (TPSA) is 74.2 Å². The van der Waals surface area contributed by atoms with E-state index >= 15 is 0 Å². The summed E-state index contributed by atoms with van der Waals surface area (Å²) in [6.45, 7) is 0.571. The number of ether oxygens (including phenoxy) is 4. The molecule has 7 heteroatoms. The van der Waals surface area contributed by atoms with E-state index in [1.807, 2.05) is 60.7 Å². The molecule has 34 heavy (non-hydrogen) atoms. The first kappa shape index (κ1) is 21.6. The van der Waals surface area contributed by atoms with E-state index in [2.05, 4.69) is 27.4 Å². The van der Waals surface area contributed by atoms with Crippen LogP contribution < -0.4 is 19.5 Å². The van der Waals surface area contributed by atoms with Gasteiger partial charge in [0.2, 0.25) is 0 Å². The number of nitrogens with zero attached hydrogens (tertiary/aromatic N) is 2. The van der Waals surface area contributed by atoms with Crippen LogP contribution in [0.5, 0.6) is 23.0 Å². The highest BCUT2D eigenvalue weighted by Crippen LogP contribution is 2.38. The van der Waals surface area contributed by atoms with Crippen LogP contribution in [0, 0.1) is 0 Å². The minimum absolute atomic E-state index is 0.114. The fraction of sp³-hybridized carbons (Fsp3) is 0.185. The molecule has 1 aromatic heterocycles. The average molecular weight is 456 g/mol. The predicted octanol–water partition coefficient (Wildman–Crippen LogP) is 5.45. The van der Waals surface area contributed by atoms with Gasteiger partial charge in [-0.2, -0.15) is 0 Å². The van der Waals surface area contributed by atoms with Crippen molar-refractivity contribution in [3.8, 4) is 23.0 Å². The molecule has 3 aromatic carbocycles. The number of rotatable bonds is 7. The fourth-order valence-electron chi connectivity index (χ4n) is 3.93. The van der Waals surface area contributed by atoms with Crippen LogP contribution in [-0.2, 0) is 11.2 Å².